The number of aliphatic carboxylic acids is 1. The predicted molar refractivity (Wildman–Crippen MR) is 102 cm³/mol. The number of hydrogen-bond donors (Lipinski definition) is 5. The van der Waals surface area contributed by atoms with Gasteiger partial charge in [0.05, 0.1) is 13.1 Å². The van der Waals surface area contributed by atoms with Crippen molar-refractivity contribution in [3.63, 3.8) is 0 Å². The first-order valence-corrected chi connectivity index (χ1v) is 8.58. The number of carbonyl (C=O) groups excluding carboxylic acids is 3. The number of hydrogen-bond acceptors (Lipinski definition) is 6. The number of rotatable bonds is 8. The second-order valence-corrected chi connectivity index (χ2v) is 6.97. The summed E-state index contributed by atoms with van der Waals surface area (Å²) in [4.78, 5) is 45.9. The number of alkyl carbamates (subject to hydrolysis) is 1. The number of carbonyl (C=O) groups is 4. The van der Waals surface area contributed by atoms with E-state index in [2.05, 4.69) is 16.0 Å². The van der Waals surface area contributed by atoms with Crippen molar-refractivity contribution in [2.75, 3.05) is 18.4 Å². The molecule has 0 spiro atoms. The monoisotopic (exact) mass is 394 g/mol. The Kier molecular flexibility index (Phi) is 8.39. The van der Waals surface area contributed by atoms with E-state index in [0.29, 0.717) is 11.3 Å². The largest absolute Gasteiger partial charge is 0.480 e. The van der Waals surface area contributed by atoms with Gasteiger partial charge in [0.15, 0.2) is 0 Å². The van der Waals surface area contributed by atoms with E-state index in [-0.39, 0.29) is 19.5 Å². The topological polar surface area (TPSA) is 160 Å². The fraction of sp³-hybridized carbons (Fsp3) is 0.444. The molecule has 0 aliphatic rings. The zero-order valence-electron chi connectivity index (χ0n) is 16.1. The van der Waals surface area contributed by atoms with Crippen molar-refractivity contribution in [3.8, 4) is 0 Å². The molecule has 0 aromatic heterocycles. The smallest absolute Gasteiger partial charge is 0.408 e. The molecule has 28 heavy (non-hydrogen) atoms. The predicted octanol–water partition coefficient (Wildman–Crippen LogP) is 0.220. The van der Waals surface area contributed by atoms with Crippen LogP contribution in [0.5, 0.6) is 0 Å². The molecule has 1 rings (SSSR count). The highest BCUT2D eigenvalue weighted by atomic mass is 16.6. The molecule has 10 heteroatoms. The highest BCUT2D eigenvalue weighted by Crippen LogP contribution is 2.12. The van der Waals surface area contributed by atoms with Crippen LogP contribution in [0.2, 0.25) is 0 Å². The summed E-state index contributed by atoms with van der Waals surface area (Å²) in [5, 5.41) is 16.6. The molecule has 154 valence electrons. The lowest BCUT2D eigenvalue weighted by atomic mass is 10.1. The summed E-state index contributed by atoms with van der Waals surface area (Å²) >= 11 is 0. The Balaban J connectivity index is 2.63. The molecule has 0 fully saturated rings. The van der Waals surface area contributed by atoms with Crippen LogP contribution in [0.1, 0.15) is 26.3 Å². The molecule has 0 heterocycles. The van der Waals surface area contributed by atoms with Gasteiger partial charge in [0.2, 0.25) is 11.8 Å². The van der Waals surface area contributed by atoms with E-state index in [9.17, 15) is 24.3 Å². The van der Waals surface area contributed by atoms with Crippen LogP contribution < -0.4 is 21.7 Å². The molecule has 0 aliphatic heterocycles. The molecule has 0 saturated heterocycles. The summed E-state index contributed by atoms with van der Waals surface area (Å²) in [5.41, 5.74) is 5.50. The average Bonchev–Trinajstić information content (AvgIpc) is 2.59. The number of carboxylic acids is 1. The van der Waals surface area contributed by atoms with Crippen LogP contribution in [-0.4, -0.2) is 53.7 Å². The second-order valence-electron chi connectivity index (χ2n) is 6.97. The standard InChI is InChI=1S/C18H26N4O6/c1-18(2,3)28-17(27)22-13(16(25)26)8-11-4-6-12(7-5-11)21-15(24)10-20-14(23)9-19/h4-7,13H,8-10,19H2,1-3H3,(H,20,23)(H,21,24)(H,22,27)(H,25,26)/t13-/m0/s1. The molecule has 0 aliphatic carbocycles. The summed E-state index contributed by atoms with van der Waals surface area (Å²) in [7, 11) is 0. The maximum Gasteiger partial charge on any atom is 0.408 e. The number of carboxylic acid groups (broad SMARTS) is 1. The molecule has 1 aromatic rings. The molecule has 0 unspecified atom stereocenters. The van der Waals surface area contributed by atoms with Gasteiger partial charge in [0.25, 0.3) is 0 Å². The minimum absolute atomic E-state index is 0.0371. The summed E-state index contributed by atoms with van der Waals surface area (Å²) in [5.74, 6) is -2.06. The van der Waals surface area contributed by atoms with Crippen molar-refractivity contribution in [1.29, 1.82) is 0 Å². The zero-order valence-corrected chi connectivity index (χ0v) is 16.1. The maximum absolute atomic E-state index is 11.8. The van der Waals surface area contributed by atoms with Crippen molar-refractivity contribution in [2.24, 2.45) is 5.73 Å². The van der Waals surface area contributed by atoms with Gasteiger partial charge in [-0.15, -0.1) is 0 Å². The third-order valence-corrected chi connectivity index (χ3v) is 3.30. The van der Waals surface area contributed by atoms with Crippen LogP contribution in [0.4, 0.5) is 10.5 Å². The Hall–Kier alpha value is -3.14. The Morgan fingerprint density at radius 1 is 1.11 bits per heavy atom. The quantitative estimate of drug-likeness (QED) is 0.421. The minimum atomic E-state index is -1.20. The average molecular weight is 394 g/mol. The van der Waals surface area contributed by atoms with Crippen LogP contribution in [0, 0.1) is 0 Å². The Labute approximate surface area is 162 Å². The summed E-state index contributed by atoms with van der Waals surface area (Å²) in [6.07, 6.45) is -0.779. The molecular formula is C18H26N4O6. The molecule has 6 N–H and O–H groups in total. The van der Waals surface area contributed by atoms with E-state index in [1.807, 2.05) is 0 Å². The zero-order chi connectivity index (χ0) is 21.3. The normalized spacial score (nSPS) is 11.9. The third-order valence-electron chi connectivity index (χ3n) is 3.30. The number of benzene rings is 1. The van der Waals surface area contributed by atoms with E-state index in [4.69, 9.17) is 10.5 Å². The van der Waals surface area contributed by atoms with Gasteiger partial charge in [-0.25, -0.2) is 9.59 Å². The van der Waals surface area contributed by atoms with Crippen molar-refractivity contribution < 1.29 is 29.0 Å². The highest BCUT2D eigenvalue weighted by Gasteiger charge is 2.24. The molecule has 3 amide bonds. The van der Waals surface area contributed by atoms with Gasteiger partial charge < -0.3 is 31.5 Å². The fourth-order valence-corrected chi connectivity index (χ4v) is 2.07. The highest BCUT2D eigenvalue weighted by molar-refractivity contribution is 5.94. The number of anilines is 1. The Bertz CT molecular complexity index is 712. The number of ether oxygens (including phenoxy) is 1. The molecule has 0 radical (unpaired) electrons. The maximum atomic E-state index is 11.8. The Morgan fingerprint density at radius 2 is 1.71 bits per heavy atom. The van der Waals surface area contributed by atoms with Gasteiger partial charge in [0, 0.05) is 12.1 Å². The lowest BCUT2D eigenvalue weighted by Gasteiger charge is -2.22. The summed E-state index contributed by atoms with van der Waals surface area (Å²) in [6.45, 7) is 4.62. The van der Waals surface area contributed by atoms with Crippen molar-refractivity contribution in [1.82, 2.24) is 10.6 Å². The number of nitrogens with one attached hydrogen (secondary N) is 3. The second kappa shape index (κ2) is 10.3. The van der Waals surface area contributed by atoms with Crippen LogP contribution in [0.25, 0.3) is 0 Å². The first kappa shape index (κ1) is 22.9. The van der Waals surface area contributed by atoms with E-state index in [0.717, 1.165) is 0 Å². The van der Waals surface area contributed by atoms with Gasteiger partial charge in [-0.1, -0.05) is 12.1 Å². The van der Waals surface area contributed by atoms with Gasteiger partial charge in [0.1, 0.15) is 11.6 Å². The lowest BCUT2D eigenvalue weighted by Crippen LogP contribution is -2.44. The van der Waals surface area contributed by atoms with Crippen molar-refractivity contribution in [2.45, 2.75) is 38.8 Å². The van der Waals surface area contributed by atoms with Crippen molar-refractivity contribution >= 4 is 29.6 Å². The first-order chi connectivity index (χ1) is 13.0. The molecule has 0 saturated carbocycles. The number of amides is 3. The fourth-order valence-electron chi connectivity index (χ4n) is 2.07. The van der Waals surface area contributed by atoms with Gasteiger partial charge in [-0.3, -0.25) is 9.59 Å². The van der Waals surface area contributed by atoms with E-state index in [1.54, 1.807) is 45.0 Å². The molecule has 1 atom stereocenters. The number of nitrogens with two attached hydrogens (primary N) is 1. The van der Waals surface area contributed by atoms with Gasteiger partial charge in [-0.05, 0) is 38.5 Å². The Morgan fingerprint density at radius 3 is 2.21 bits per heavy atom. The van der Waals surface area contributed by atoms with Crippen LogP contribution in [0.3, 0.4) is 0 Å². The molecular weight excluding hydrogens is 368 g/mol. The van der Waals surface area contributed by atoms with Crippen LogP contribution >= 0.6 is 0 Å². The van der Waals surface area contributed by atoms with Crippen molar-refractivity contribution in [3.05, 3.63) is 29.8 Å². The first-order valence-electron chi connectivity index (χ1n) is 8.58. The van der Waals surface area contributed by atoms with Gasteiger partial charge >= 0.3 is 12.1 Å². The SMILES string of the molecule is CC(C)(C)OC(=O)N[C@@H](Cc1ccc(NC(=O)CNC(=O)CN)cc1)C(=O)O. The molecule has 10 nitrogen and oxygen atoms in total. The van der Waals surface area contributed by atoms with Crippen LogP contribution in [0.15, 0.2) is 24.3 Å². The van der Waals surface area contributed by atoms with E-state index < -0.39 is 35.5 Å². The summed E-state index contributed by atoms with van der Waals surface area (Å²) < 4.78 is 5.07. The minimum Gasteiger partial charge on any atom is -0.480 e. The third kappa shape index (κ3) is 8.99. The lowest BCUT2D eigenvalue weighted by molar-refractivity contribution is -0.139. The van der Waals surface area contributed by atoms with E-state index in [1.165, 1.54) is 0 Å². The summed E-state index contributed by atoms with van der Waals surface area (Å²) in [6, 6.07) is 5.26. The molecule has 0 bridgehead atoms. The van der Waals surface area contributed by atoms with E-state index >= 15 is 0 Å². The molecule has 1 aromatic carbocycles. The van der Waals surface area contributed by atoms with Gasteiger partial charge in [-0.2, -0.15) is 0 Å². The van der Waals surface area contributed by atoms with Crippen LogP contribution in [-0.2, 0) is 25.5 Å².